The third-order valence-electron chi connectivity index (χ3n) is 4.78. The normalized spacial score (nSPS) is 21.5. The second-order valence-corrected chi connectivity index (χ2v) is 9.88. The Morgan fingerprint density at radius 1 is 1.09 bits per heavy atom. The van der Waals surface area contributed by atoms with Crippen LogP contribution in [0.3, 0.4) is 0 Å². The zero-order chi connectivity index (χ0) is 16.4. The minimum absolute atomic E-state index is 0.165. The van der Waals surface area contributed by atoms with E-state index in [1.54, 1.807) is 10.4 Å². The molecule has 0 aromatic carbocycles. The van der Waals surface area contributed by atoms with Crippen LogP contribution >= 0.6 is 11.3 Å². The fraction of sp³-hybridized carbons (Fsp3) is 0.688. The summed E-state index contributed by atoms with van der Waals surface area (Å²) in [6.07, 6.45) is 4.98. The Bertz CT molecular complexity index is 663. The van der Waals surface area contributed by atoms with Gasteiger partial charge in [0.2, 0.25) is 5.91 Å². The van der Waals surface area contributed by atoms with Crippen LogP contribution in [0, 0.1) is 12.8 Å². The van der Waals surface area contributed by atoms with Crippen LogP contribution in [0.4, 0.5) is 0 Å². The molecule has 0 spiro atoms. The summed E-state index contributed by atoms with van der Waals surface area (Å²) in [7, 11) is -3.42. The Morgan fingerprint density at radius 3 is 2.48 bits per heavy atom. The average Bonchev–Trinajstić information content (AvgIpc) is 3.13. The minimum atomic E-state index is -3.42. The molecular weight excluding hydrogens is 332 g/mol. The zero-order valence-corrected chi connectivity index (χ0v) is 15.2. The molecule has 3 rings (SSSR count). The van der Waals surface area contributed by atoms with E-state index in [0.29, 0.717) is 36.8 Å². The van der Waals surface area contributed by atoms with Gasteiger partial charge in [0.25, 0.3) is 10.0 Å². The van der Waals surface area contributed by atoms with Gasteiger partial charge in [-0.2, -0.15) is 4.31 Å². The van der Waals surface area contributed by atoms with Crippen LogP contribution in [-0.4, -0.2) is 49.7 Å². The van der Waals surface area contributed by atoms with Gasteiger partial charge in [0.05, 0.1) is 0 Å². The van der Waals surface area contributed by atoms with E-state index in [4.69, 9.17) is 0 Å². The Morgan fingerprint density at radius 2 is 1.83 bits per heavy atom. The van der Waals surface area contributed by atoms with Crippen molar-refractivity contribution in [3.05, 3.63) is 17.0 Å². The second-order valence-electron chi connectivity index (χ2n) is 6.43. The lowest BCUT2D eigenvalue weighted by Gasteiger charge is -2.24. The summed E-state index contributed by atoms with van der Waals surface area (Å²) in [5, 5.41) is 0. The topological polar surface area (TPSA) is 57.7 Å². The van der Waals surface area contributed by atoms with E-state index >= 15 is 0 Å². The van der Waals surface area contributed by atoms with Crippen molar-refractivity contribution in [1.82, 2.24) is 9.21 Å². The monoisotopic (exact) mass is 356 g/mol. The molecule has 0 N–H and O–H groups in total. The molecular formula is C16H24N2O3S2. The number of amides is 1. The first kappa shape index (κ1) is 16.9. The van der Waals surface area contributed by atoms with E-state index in [-0.39, 0.29) is 11.8 Å². The summed E-state index contributed by atoms with van der Waals surface area (Å²) in [6, 6.07) is 3.52. The molecule has 0 bridgehead atoms. The Kier molecular flexibility index (Phi) is 5.08. The van der Waals surface area contributed by atoms with Crippen LogP contribution in [-0.2, 0) is 14.8 Å². The van der Waals surface area contributed by atoms with Crippen LogP contribution in [0.5, 0.6) is 0 Å². The Balaban J connectivity index is 1.67. The molecule has 2 aliphatic rings. The molecule has 1 aliphatic carbocycles. The summed E-state index contributed by atoms with van der Waals surface area (Å²) >= 11 is 1.31. The van der Waals surface area contributed by atoms with Gasteiger partial charge < -0.3 is 4.90 Å². The van der Waals surface area contributed by atoms with E-state index in [1.165, 1.54) is 11.3 Å². The van der Waals surface area contributed by atoms with Gasteiger partial charge in [-0.25, -0.2) is 8.42 Å². The molecule has 23 heavy (non-hydrogen) atoms. The number of aryl methyl sites for hydroxylation is 1. The fourth-order valence-corrected chi connectivity index (χ4v) is 6.37. The van der Waals surface area contributed by atoms with Gasteiger partial charge in [-0.15, -0.1) is 11.3 Å². The fourth-order valence-electron chi connectivity index (χ4n) is 3.46. The summed E-state index contributed by atoms with van der Waals surface area (Å²) in [4.78, 5) is 15.4. The van der Waals surface area contributed by atoms with Gasteiger partial charge in [-0.05, 0) is 38.3 Å². The van der Waals surface area contributed by atoms with Crippen molar-refractivity contribution in [3.63, 3.8) is 0 Å². The first-order valence-electron chi connectivity index (χ1n) is 8.34. The van der Waals surface area contributed by atoms with Crippen LogP contribution in [0.1, 0.15) is 37.0 Å². The number of hydrogen-bond donors (Lipinski definition) is 0. The highest BCUT2D eigenvalue weighted by atomic mass is 32.2. The molecule has 1 saturated heterocycles. The standard InChI is InChI=1S/C16H24N2O3S2/c1-13-7-8-15(22-13)23(20,21)18-10-4-9-17(11-12-18)16(19)14-5-2-3-6-14/h7-8,14H,2-6,9-12H2,1H3. The number of sulfonamides is 1. The maximum atomic E-state index is 12.7. The maximum Gasteiger partial charge on any atom is 0.252 e. The van der Waals surface area contributed by atoms with Crippen molar-refractivity contribution in [2.45, 2.75) is 43.2 Å². The first-order valence-corrected chi connectivity index (χ1v) is 10.6. The van der Waals surface area contributed by atoms with E-state index in [9.17, 15) is 13.2 Å². The van der Waals surface area contributed by atoms with Crippen molar-refractivity contribution in [2.24, 2.45) is 5.92 Å². The molecule has 7 heteroatoms. The van der Waals surface area contributed by atoms with Gasteiger partial charge in [0.15, 0.2) is 0 Å². The van der Waals surface area contributed by atoms with E-state index in [1.807, 2.05) is 17.9 Å². The molecule has 128 valence electrons. The maximum absolute atomic E-state index is 12.7. The summed E-state index contributed by atoms with van der Waals surface area (Å²) in [5.74, 6) is 0.395. The quantitative estimate of drug-likeness (QED) is 0.836. The Hall–Kier alpha value is -0.920. The lowest BCUT2D eigenvalue weighted by Crippen LogP contribution is -2.39. The molecule has 1 aliphatic heterocycles. The number of thiophene rings is 1. The molecule has 2 fully saturated rings. The molecule has 2 heterocycles. The van der Waals surface area contributed by atoms with Gasteiger partial charge in [-0.3, -0.25) is 4.79 Å². The predicted molar refractivity (Wildman–Crippen MR) is 91.0 cm³/mol. The van der Waals surface area contributed by atoms with Crippen LogP contribution in [0.2, 0.25) is 0 Å². The van der Waals surface area contributed by atoms with E-state index in [2.05, 4.69) is 0 Å². The lowest BCUT2D eigenvalue weighted by atomic mass is 10.1. The summed E-state index contributed by atoms with van der Waals surface area (Å²) in [5.41, 5.74) is 0. The van der Waals surface area contributed by atoms with Crippen LogP contribution in [0.25, 0.3) is 0 Å². The Labute approximate surface area is 142 Å². The van der Waals surface area contributed by atoms with Crippen molar-refractivity contribution >= 4 is 27.3 Å². The largest absolute Gasteiger partial charge is 0.341 e. The first-order chi connectivity index (χ1) is 11.0. The smallest absolute Gasteiger partial charge is 0.252 e. The number of carbonyl (C=O) groups is 1. The highest BCUT2D eigenvalue weighted by Gasteiger charge is 2.32. The summed E-state index contributed by atoms with van der Waals surface area (Å²) < 4.78 is 27.4. The molecule has 0 unspecified atom stereocenters. The van der Waals surface area contributed by atoms with Crippen LogP contribution < -0.4 is 0 Å². The molecule has 1 saturated carbocycles. The zero-order valence-electron chi connectivity index (χ0n) is 13.5. The highest BCUT2D eigenvalue weighted by Crippen LogP contribution is 2.28. The number of rotatable bonds is 3. The number of hydrogen-bond acceptors (Lipinski definition) is 4. The molecule has 1 amide bonds. The van der Waals surface area contributed by atoms with Gasteiger partial charge >= 0.3 is 0 Å². The molecule has 0 radical (unpaired) electrons. The minimum Gasteiger partial charge on any atom is -0.341 e. The van der Waals surface area contributed by atoms with Crippen molar-refractivity contribution in [3.8, 4) is 0 Å². The molecule has 1 aromatic heterocycles. The molecule has 1 aromatic rings. The molecule has 0 atom stereocenters. The van der Waals surface area contributed by atoms with E-state index in [0.717, 1.165) is 30.6 Å². The van der Waals surface area contributed by atoms with Gasteiger partial charge in [0, 0.05) is 37.0 Å². The third kappa shape index (κ3) is 3.61. The van der Waals surface area contributed by atoms with Crippen molar-refractivity contribution < 1.29 is 13.2 Å². The highest BCUT2D eigenvalue weighted by molar-refractivity contribution is 7.91. The third-order valence-corrected chi connectivity index (χ3v) is 8.15. The van der Waals surface area contributed by atoms with Crippen LogP contribution in [0.15, 0.2) is 16.3 Å². The van der Waals surface area contributed by atoms with E-state index < -0.39 is 10.0 Å². The molecule has 5 nitrogen and oxygen atoms in total. The predicted octanol–water partition coefficient (Wildman–Crippen LogP) is 2.47. The van der Waals surface area contributed by atoms with Gasteiger partial charge in [0.1, 0.15) is 4.21 Å². The number of nitrogens with zero attached hydrogens (tertiary/aromatic N) is 2. The second kappa shape index (κ2) is 6.91. The van der Waals surface area contributed by atoms with Crippen molar-refractivity contribution in [1.29, 1.82) is 0 Å². The SMILES string of the molecule is Cc1ccc(S(=O)(=O)N2CCCN(C(=O)C3CCCC3)CC2)s1. The summed E-state index contributed by atoms with van der Waals surface area (Å²) in [6.45, 7) is 3.99. The van der Waals surface area contributed by atoms with Gasteiger partial charge in [-0.1, -0.05) is 12.8 Å². The number of carbonyl (C=O) groups excluding carboxylic acids is 1. The lowest BCUT2D eigenvalue weighted by molar-refractivity contribution is -0.135. The van der Waals surface area contributed by atoms with Crippen molar-refractivity contribution in [2.75, 3.05) is 26.2 Å². The average molecular weight is 357 g/mol.